The fraction of sp³-hybridized carbons (Fsp3) is 0.706. The Labute approximate surface area is 174 Å². The SMILES string of the molecule is CC(C)C(NC(=O)C(CS)NC(=O)C(NC(=O)C(N)CC(=O)O)C(C)C)C(=O)O. The van der Waals surface area contributed by atoms with E-state index in [9.17, 15) is 29.1 Å². The van der Waals surface area contributed by atoms with Crippen molar-refractivity contribution in [3.05, 3.63) is 0 Å². The molecule has 0 aliphatic heterocycles. The lowest BCUT2D eigenvalue weighted by Crippen LogP contribution is -2.59. The molecule has 12 heteroatoms. The number of amides is 3. The minimum absolute atomic E-state index is 0.112. The first-order valence-corrected chi connectivity index (χ1v) is 9.67. The summed E-state index contributed by atoms with van der Waals surface area (Å²) in [6, 6.07) is -4.71. The third kappa shape index (κ3) is 9.13. The van der Waals surface area contributed by atoms with E-state index in [-0.39, 0.29) is 11.7 Å². The van der Waals surface area contributed by atoms with Gasteiger partial charge in [0.05, 0.1) is 12.5 Å². The van der Waals surface area contributed by atoms with Gasteiger partial charge in [0.15, 0.2) is 0 Å². The number of nitrogens with two attached hydrogens (primary N) is 1. The molecule has 0 aromatic heterocycles. The van der Waals surface area contributed by atoms with Gasteiger partial charge in [-0.1, -0.05) is 27.7 Å². The second-order valence-corrected chi connectivity index (χ2v) is 7.61. The second-order valence-electron chi connectivity index (χ2n) is 7.25. The molecule has 0 aliphatic rings. The monoisotopic (exact) mass is 434 g/mol. The Balaban J connectivity index is 5.17. The van der Waals surface area contributed by atoms with Crippen LogP contribution < -0.4 is 21.7 Å². The smallest absolute Gasteiger partial charge is 0.326 e. The molecule has 0 fully saturated rings. The number of thiol groups is 1. The molecule has 0 aliphatic carbocycles. The molecule has 0 spiro atoms. The van der Waals surface area contributed by atoms with Gasteiger partial charge in [-0.3, -0.25) is 19.2 Å². The van der Waals surface area contributed by atoms with Gasteiger partial charge in [-0.05, 0) is 11.8 Å². The van der Waals surface area contributed by atoms with E-state index in [0.717, 1.165) is 0 Å². The summed E-state index contributed by atoms with van der Waals surface area (Å²) in [5, 5.41) is 25.0. The standard InChI is InChI=1S/C17H30N4O7S/c1-7(2)12(20-14(24)9(18)5-11(22)23)16(26)19-10(6-29)15(25)21-13(8(3)4)17(27)28/h7-10,12-13,29H,5-6,18H2,1-4H3,(H,19,26)(H,20,24)(H,21,25)(H,22,23)(H,27,28). The zero-order valence-electron chi connectivity index (χ0n) is 16.8. The molecular formula is C17H30N4O7S. The van der Waals surface area contributed by atoms with Gasteiger partial charge in [0.25, 0.3) is 0 Å². The maximum absolute atomic E-state index is 12.6. The molecular weight excluding hydrogens is 404 g/mol. The highest BCUT2D eigenvalue weighted by Gasteiger charge is 2.32. The van der Waals surface area contributed by atoms with Crippen LogP contribution in [0.3, 0.4) is 0 Å². The number of hydrogen-bond acceptors (Lipinski definition) is 7. The maximum Gasteiger partial charge on any atom is 0.326 e. The molecule has 0 saturated carbocycles. The number of carboxylic acids is 2. The second kappa shape index (κ2) is 12.3. The average Bonchev–Trinajstić information content (AvgIpc) is 2.59. The predicted octanol–water partition coefficient (Wildman–Crippen LogP) is -1.43. The van der Waals surface area contributed by atoms with Crippen LogP contribution in [0, 0.1) is 11.8 Å². The van der Waals surface area contributed by atoms with E-state index in [1.807, 2.05) is 0 Å². The fourth-order valence-electron chi connectivity index (χ4n) is 2.30. The molecule has 4 atom stereocenters. The predicted molar refractivity (Wildman–Crippen MR) is 107 cm³/mol. The van der Waals surface area contributed by atoms with Gasteiger partial charge in [-0.15, -0.1) is 0 Å². The molecule has 166 valence electrons. The Morgan fingerprint density at radius 1 is 0.828 bits per heavy atom. The van der Waals surface area contributed by atoms with Crippen molar-refractivity contribution in [2.45, 2.75) is 58.3 Å². The van der Waals surface area contributed by atoms with E-state index in [2.05, 4.69) is 28.6 Å². The highest BCUT2D eigenvalue weighted by Crippen LogP contribution is 2.06. The van der Waals surface area contributed by atoms with Crippen LogP contribution in [0.25, 0.3) is 0 Å². The van der Waals surface area contributed by atoms with E-state index < -0.39 is 66.2 Å². The van der Waals surface area contributed by atoms with Crippen molar-refractivity contribution in [1.82, 2.24) is 16.0 Å². The molecule has 0 heterocycles. The van der Waals surface area contributed by atoms with E-state index in [0.29, 0.717) is 0 Å². The first kappa shape index (κ1) is 26.7. The molecule has 4 unspecified atom stereocenters. The largest absolute Gasteiger partial charge is 0.481 e. The summed E-state index contributed by atoms with van der Waals surface area (Å²) in [6.07, 6.45) is -0.605. The van der Waals surface area contributed by atoms with Gasteiger partial charge in [-0.25, -0.2) is 4.79 Å². The topological polar surface area (TPSA) is 188 Å². The van der Waals surface area contributed by atoms with Crippen molar-refractivity contribution in [3.8, 4) is 0 Å². The first-order chi connectivity index (χ1) is 13.3. The average molecular weight is 435 g/mol. The Kier molecular flexibility index (Phi) is 11.3. The maximum atomic E-state index is 12.6. The number of carbonyl (C=O) groups is 5. The zero-order chi connectivity index (χ0) is 22.9. The van der Waals surface area contributed by atoms with Crippen LogP contribution in [0.4, 0.5) is 0 Å². The van der Waals surface area contributed by atoms with Crippen LogP contribution in [-0.2, 0) is 24.0 Å². The van der Waals surface area contributed by atoms with Gasteiger partial charge in [0.2, 0.25) is 17.7 Å². The number of carbonyl (C=O) groups excluding carboxylic acids is 3. The molecule has 0 bridgehead atoms. The Hall–Kier alpha value is -2.34. The van der Waals surface area contributed by atoms with Gasteiger partial charge in [0, 0.05) is 5.75 Å². The van der Waals surface area contributed by atoms with E-state index >= 15 is 0 Å². The molecule has 0 aromatic rings. The van der Waals surface area contributed by atoms with Gasteiger partial charge >= 0.3 is 11.9 Å². The minimum atomic E-state index is -1.34. The zero-order valence-corrected chi connectivity index (χ0v) is 17.7. The van der Waals surface area contributed by atoms with Crippen LogP contribution in [0.2, 0.25) is 0 Å². The number of rotatable bonds is 12. The summed E-state index contributed by atoms with van der Waals surface area (Å²) in [7, 11) is 0. The van der Waals surface area contributed by atoms with E-state index in [1.54, 1.807) is 27.7 Å². The highest BCUT2D eigenvalue weighted by atomic mass is 32.1. The number of hydrogen-bond donors (Lipinski definition) is 7. The van der Waals surface area contributed by atoms with E-state index in [4.69, 9.17) is 10.8 Å². The number of aliphatic carboxylic acids is 2. The third-order valence-corrected chi connectivity index (χ3v) is 4.39. The van der Waals surface area contributed by atoms with Crippen LogP contribution in [0.1, 0.15) is 34.1 Å². The Morgan fingerprint density at radius 2 is 1.31 bits per heavy atom. The summed E-state index contributed by atoms with van der Waals surface area (Å²) in [4.78, 5) is 58.9. The molecule has 11 nitrogen and oxygen atoms in total. The minimum Gasteiger partial charge on any atom is -0.481 e. The molecule has 3 amide bonds. The van der Waals surface area contributed by atoms with Crippen LogP contribution in [0.15, 0.2) is 0 Å². The normalized spacial score (nSPS) is 15.2. The first-order valence-electron chi connectivity index (χ1n) is 9.03. The highest BCUT2D eigenvalue weighted by molar-refractivity contribution is 7.80. The van der Waals surface area contributed by atoms with Gasteiger partial charge < -0.3 is 31.9 Å². The Morgan fingerprint density at radius 3 is 1.69 bits per heavy atom. The number of carboxylic acid groups (broad SMARTS) is 2. The summed E-state index contributed by atoms with van der Waals surface area (Å²) in [5.41, 5.74) is 5.50. The lowest BCUT2D eigenvalue weighted by atomic mass is 10.0. The molecule has 0 saturated heterocycles. The number of nitrogens with one attached hydrogen (secondary N) is 3. The van der Waals surface area contributed by atoms with Gasteiger partial charge in [0.1, 0.15) is 18.1 Å². The van der Waals surface area contributed by atoms with Crippen molar-refractivity contribution in [1.29, 1.82) is 0 Å². The van der Waals surface area contributed by atoms with Crippen molar-refractivity contribution >= 4 is 42.3 Å². The Bertz CT molecular complexity index is 627. The lowest BCUT2D eigenvalue weighted by molar-refractivity contribution is -0.143. The van der Waals surface area contributed by atoms with Crippen molar-refractivity contribution in [3.63, 3.8) is 0 Å². The molecule has 0 rings (SSSR count). The summed E-state index contributed by atoms with van der Waals surface area (Å²) in [5.74, 6) is -5.63. The van der Waals surface area contributed by atoms with E-state index in [1.165, 1.54) is 0 Å². The van der Waals surface area contributed by atoms with Crippen LogP contribution >= 0.6 is 12.6 Å². The summed E-state index contributed by atoms with van der Waals surface area (Å²) in [6.45, 7) is 6.53. The summed E-state index contributed by atoms with van der Waals surface area (Å²) < 4.78 is 0. The quantitative estimate of drug-likeness (QED) is 0.182. The molecule has 29 heavy (non-hydrogen) atoms. The van der Waals surface area contributed by atoms with Crippen molar-refractivity contribution in [2.75, 3.05) is 5.75 Å². The van der Waals surface area contributed by atoms with Crippen molar-refractivity contribution in [2.24, 2.45) is 17.6 Å². The van der Waals surface area contributed by atoms with Crippen LogP contribution in [-0.4, -0.2) is 69.8 Å². The lowest BCUT2D eigenvalue weighted by Gasteiger charge is -2.26. The molecule has 0 aromatic carbocycles. The molecule has 7 N–H and O–H groups in total. The summed E-state index contributed by atoms with van der Waals surface area (Å²) >= 11 is 4.02. The molecule has 0 radical (unpaired) electrons. The van der Waals surface area contributed by atoms with Crippen molar-refractivity contribution < 1.29 is 34.2 Å². The van der Waals surface area contributed by atoms with Crippen LogP contribution in [0.5, 0.6) is 0 Å². The van der Waals surface area contributed by atoms with Gasteiger partial charge in [-0.2, -0.15) is 12.6 Å². The third-order valence-electron chi connectivity index (χ3n) is 4.02. The fourth-order valence-corrected chi connectivity index (χ4v) is 2.56.